The van der Waals surface area contributed by atoms with Crippen molar-refractivity contribution >= 4 is 35.0 Å². The predicted octanol–water partition coefficient (Wildman–Crippen LogP) is 2.02. The van der Waals surface area contributed by atoms with E-state index in [0.717, 1.165) is 4.88 Å². The van der Waals surface area contributed by atoms with Gasteiger partial charge in [0, 0.05) is 24.3 Å². The van der Waals surface area contributed by atoms with Crippen LogP contribution >= 0.6 is 11.3 Å². The molecular weight excluding hydrogens is 346 g/mol. The topological polar surface area (TPSA) is 98.8 Å². The second kappa shape index (κ2) is 11.4. The Kier molecular flexibility index (Phi) is 9.46. The maximum absolute atomic E-state index is 11.9. The van der Waals surface area contributed by atoms with E-state index in [9.17, 15) is 19.2 Å². The third kappa shape index (κ3) is 8.99. The van der Waals surface area contributed by atoms with Gasteiger partial charge in [0.1, 0.15) is 0 Å². The summed E-state index contributed by atoms with van der Waals surface area (Å²) in [6, 6.07) is 3.58. The molecule has 7 nitrogen and oxygen atoms in total. The lowest BCUT2D eigenvalue weighted by Gasteiger charge is -2.06. The molecule has 0 unspecified atom stereocenters. The lowest BCUT2D eigenvalue weighted by molar-refractivity contribution is -0.148. The summed E-state index contributed by atoms with van der Waals surface area (Å²) in [7, 11) is 0. The van der Waals surface area contributed by atoms with Crippen molar-refractivity contribution in [2.24, 2.45) is 0 Å². The van der Waals surface area contributed by atoms with Crippen LogP contribution in [0.4, 0.5) is 0 Å². The normalized spacial score (nSPS) is 10.2. The molecule has 1 N–H and O–H groups in total. The van der Waals surface area contributed by atoms with E-state index in [1.54, 1.807) is 13.0 Å². The average molecular weight is 369 g/mol. The van der Waals surface area contributed by atoms with Crippen LogP contribution in [0, 0.1) is 6.92 Å². The van der Waals surface area contributed by atoms with E-state index in [1.165, 1.54) is 11.3 Å². The minimum atomic E-state index is -0.594. The Morgan fingerprint density at radius 1 is 1.04 bits per heavy atom. The standard InChI is InChI=1S/C17H23NO6S/c1-3-23-16(21)5-4-10-18-15(20)11-24-17(22)9-7-13(19)14-8-6-12(2)25-14/h6,8H,3-5,7,9-11H2,1-2H3,(H,18,20). The summed E-state index contributed by atoms with van der Waals surface area (Å²) in [6.07, 6.45) is 0.664. The summed E-state index contributed by atoms with van der Waals surface area (Å²) >= 11 is 1.38. The van der Waals surface area contributed by atoms with E-state index >= 15 is 0 Å². The minimum absolute atomic E-state index is 0.0555. The average Bonchev–Trinajstić information content (AvgIpc) is 3.01. The lowest BCUT2D eigenvalue weighted by Crippen LogP contribution is -2.30. The van der Waals surface area contributed by atoms with E-state index in [0.29, 0.717) is 24.4 Å². The van der Waals surface area contributed by atoms with E-state index < -0.39 is 18.5 Å². The number of Topliss-reactive ketones (excluding diaryl/α,β-unsaturated/α-hetero) is 1. The first-order valence-electron chi connectivity index (χ1n) is 8.10. The number of esters is 2. The Bertz CT molecular complexity index is 610. The van der Waals surface area contributed by atoms with Gasteiger partial charge in [0.2, 0.25) is 0 Å². The summed E-state index contributed by atoms with van der Waals surface area (Å²) in [5.74, 6) is -1.46. The molecule has 1 aromatic heterocycles. The number of thiophene rings is 1. The first kappa shape index (κ1) is 20.8. The van der Waals surface area contributed by atoms with Crippen molar-refractivity contribution in [1.29, 1.82) is 0 Å². The molecule has 1 amide bonds. The van der Waals surface area contributed by atoms with Crippen LogP contribution in [0.15, 0.2) is 12.1 Å². The summed E-state index contributed by atoms with van der Waals surface area (Å²) < 4.78 is 9.58. The molecule has 0 spiro atoms. The highest BCUT2D eigenvalue weighted by Crippen LogP contribution is 2.17. The Morgan fingerprint density at radius 3 is 2.40 bits per heavy atom. The van der Waals surface area contributed by atoms with E-state index in [4.69, 9.17) is 9.47 Å². The smallest absolute Gasteiger partial charge is 0.306 e. The lowest BCUT2D eigenvalue weighted by atomic mass is 10.2. The zero-order chi connectivity index (χ0) is 18.7. The van der Waals surface area contributed by atoms with Crippen molar-refractivity contribution in [2.75, 3.05) is 19.8 Å². The van der Waals surface area contributed by atoms with Gasteiger partial charge >= 0.3 is 11.9 Å². The van der Waals surface area contributed by atoms with Gasteiger partial charge in [-0.2, -0.15) is 0 Å². The molecule has 0 aliphatic heterocycles. The van der Waals surface area contributed by atoms with Crippen LogP contribution in [0.25, 0.3) is 0 Å². The number of rotatable bonds is 11. The molecule has 0 bridgehead atoms. The van der Waals surface area contributed by atoms with Gasteiger partial charge in [-0.1, -0.05) is 0 Å². The number of nitrogens with one attached hydrogen (secondary N) is 1. The van der Waals surface area contributed by atoms with E-state index in [-0.39, 0.29) is 31.0 Å². The van der Waals surface area contributed by atoms with E-state index in [1.807, 2.05) is 13.0 Å². The van der Waals surface area contributed by atoms with Crippen molar-refractivity contribution in [3.8, 4) is 0 Å². The van der Waals surface area contributed by atoms with Crippen LogP contribution in [0.5, 0.6) is 0 Å². The van der Waals surface area contributed by atoms with Crippen LogP contribution < -0.4 is 5.32 Å². The summed E-state index contributed by atoms with van der Waals surface area (Å²) in [4.78, 5) is 47.7. The second-order valence-corrected chi connectivity index (χ2v) is 6.54. The molecule has 1 aromatic rings. The highest BCUT2D eigenvalue weighted by Gasteiger charge is 2.13. The van der Waals surface area contributed by atoms with Gasteiger partial charge in [0.15, 0.2) is 12.4 Å². The third-order valence-electron chi connectivity index (χ3n) is 3.12. The quantitative estimate of drug-likeness (QED) is 0.364. The van der Waals surface area contributed by atoms with Gasteiger partial charge in [-0.15, -0.1) is 11.3 Å². The van der Waals surface area contributed by atoms with Crippen molar-refractivity contribution in [2.45, 2.75) is 39.5 Å². The molecule has 0 aliphatic carbocycles. The number of ether oxygens (including phenoxy) is 2. The monoisotopic (exact) mass is 369 g/mol. The summed E-state index contributed by atoms with van der Waals surface area (Å²) in [5.41, 5.74) is 0. The van der Waals surface area contributed by atoms with Crippen molar-refractivity contribution < 1.29 is 28.7 Å². The maximum atomic E-state index is 11.9. The zero-order valence-corrected chi connectivity index (χ0v) is 15.3. The predicted molar refractivity (Wildman–Crippen MR) is 92.5 cm³/mol. The molecular formula is C17H23NO6S. The van der Waals surface area contributed by atoms with Crippen molar-refractivity contribution in [1.82, 2.24) is 5.32 Å². The Hall–Kier alpha value is -2.22. The van der Waals surface area contributed by atoms with Crippen LogP contribution in [0.2, 0.25) is 0 Å². The molecule has 0 atom stereocenters. The SMILES string of the molecule is CCOC(=O)CCCNC(=O)COC(=O)CCC(=O)c1ccc(C)s1. The van der Waals surface area contributed by atoms with Crippen LogP contribution in [0.1, 0.15) is 47.2 Å². The van der Waals surface area contributed by atoms with Crippen LogP contribution in [0.3, 0.4) is 0 Å². The van der Waals surface area contributed by atoms with Crippen molar-refractivity contribution in [3.63, 3.8) is 0 Å². The number of hydrogen-bond donors (Lipinski definition) is 1. The van der Waals surface area contributed by atoms with Gasteiger partial charge in [-0.25, -0.2) is 0 Å². The van der Waals surface area contributed by atoms with Gasteiger partial charge in [0.05, 0.1) is 17.9 Å². The molecule has 138 valence electrons. The summed E-state index contributed by atoms with van der Waals surface area (Å²) in [5, 5.41) is 2.54. The molecule has 25 heavy (non-hydrogen) atoms. The third-order valence-corrected chi connectivity index (χ3v) is 4.16. The van der Waals surface area contributed by atoms with Gasteiger partial charge in [-0.05, 0) is 32.4 Å². The number of carbonyl (C=O) groups excluding carboxylic acids is 4. The zero-order valence-electron chi connectivity index (χ0n) is 14.5. The molecule has 0 fully saturated rings. The molecule has 0 saturated carbocycles. The maximum Gasteiger partial charge on any atom is 0.306 e. The number of carbonyl (C=O) groups is 4. The molecule has 0 aliphatic rings. The van der Waals surface area contributed by atoms with Crippen LogP contribution in [-0.4, -0.2) is 43.4 Å². The number of amides is 1. The fraction of sp³-hybridized carbons (Fsp3) is 0.529. The Morgan fingerprint density at radius 2 is 1.76 bits per heavy atom. The minimum Gasteiger partial charge on any atom is -0.466 e. The van der Waals surface area contributed by atoms with Crippen LogP contribution in [-0.2, 0) is 23.9 Å². The highest BCUT2D eigenvalue weighted by molar-refractivity contribution is 7.14. The molecule has 0 saturated heterocycles. The number of ketones is 1. The fourth-order valence-corrected chi connectivity index (χ4v) is 2.72. The van der Waals surface area contributed by atoms with Gasteiger partial charge in [0.25, 0.3) is 5.91 Å². The Labute approximate surface area is 150 Å². The molecule has 0 aromatic carbocycles. The molecule has 1 heterocycles. The van der Waals surface area contributed by atoms with Crippen molar-refractivity contribution in [3.05, 3.63) is 21.9 Å². The highest BCUT2D eigenvalue weighted by atomic mass is 32.1. The summed E-state index contributed by atoms with van der Waals surface area (Å²) in [6.45, 7) is 3.86. The first-order chi connectivity index (χ1) is 11.9. The number of aryl methyl sites for hydroxylation is 1. The van der Waals surface area contributed by atoms with E-state index in [2.05, 4.69) is 5.32 Å². The largest absolute Gasteiger partial charge is 0.466 e. The second-order valence-electron chi connectivity index (χ2n) is 5.25. The fourth-order valence-electron chi connectivity index (χ4n) is 1.89. The van der Waals surface area contributed by atoms with Gasteiger partial charge < -0.3 is 14.8 Å². The first-order valence-corrected chi connectivity index (χ1v) is 8.91. The Balaban J connectivity index is 2.11. The van der Waals surface area contributed by atoms with Gasteiger partial charge in [-0.3, -0.25) is 19.2 Å². The molecule has 0 radical (unpaired) electrons. The molecule has 8 heteroatoms. The number of hydrogen-bond acceptors (Lipinski definition) is 7. The molecule has 1 rings (SSSR count).